The van der Waals surface area contributed by atoms with Crippen LogP contribution in [0, 0.1) is 0 Å². The molecule has 2 N–H and O–H groups in total. The lowest BCUT2D eigenvalue weighted by atomic mass is 9.79. The molecule has 3 fully saturated rings. The normalized spacial score (nSPS) is 26.1. The van der Waals surface area contributed by atoms with Crippen LogP contribution in [0.3, 0.4) is 0 Å². The molecular weight excluding hydrogens is 551 g/mol. The SMILES string of the molecule is CC(=O)N(C)c1ccc(C2(O)CCC(N3CC[C@@H]4[C@H]3CCN4C(=O)CNC(=O)c3cccc(C(F)(F)F)c3)CC2)nc1. The minimum absolute atomic E-state index is 0.0243. The van der Waals surface area contributed by atoms with Crippen molar-refractivity contribution in [3.8, 4) is 0 Å². The molecule has 226 valence electrons. The molecule has 0 bridgehead atoms. The van der Waals surface area contributed by atoms with Crippen molar-refractivity contribution in [3.05, 3.63) is 59.4 Å². The molecule has 2 atom stereocenters. The Morgan fingerprint density at radius 1 is 1.07 bits per heavy atom. The van der Waals surface area contributed by atoms with Gasteiger partial charge in [-0.05, 0) is 68.9 Å². The van der Waals surface area contributed by atoms with Crippen molar-refractivity contribution in [2.24, 2.45) is 0 Å². The number of nitrogens with zero attached hydrogens (tertiary/aromatic N) is 4. The number of halogens is 3. The van der Waals surface area contributed by atoms with Crippen LogP contribution in [-0.4, -0.2) is 82.4 Å². The maximum atomic E-state index is 13.0. The monoisotopic (exact) mass is 587 g/mol. The lowest BCUT2D eigenvalue weighted by molar-refractivity contribution is -0.137. The number of hydrogen-bond donors (Lipinski definition) is 2. The number of rotatable bonds is 6. The second-order valence-electron chi connectivity index (χ2n) is 11.5. The second kappa shape index (κ2) is 11.6. The zero-order valence-electron chi connectivity index (χ0n) is 23.7. The van der Waals surface area contributed by atoms with E-state index in [0.717, 1.165) is 44.4 Å². The van der Waals surface area contributed by atoms with Gasteiger partial charge >= 0.3 is 6.18 Å². The van der Waals surface area contributed by atoms with Crippen LogP contribution in [0.25, 0.3) is 0 Å². The topological polar surface area (TPSA) is 106 Å². The fourth-order valence-corrected chi connectivity index (χ4v) is 6.69. The predicted octanol–water partition coefficient (Wildman–Crippen LogP) is 3.32. The van der Waals surface area contributed by atoms with E-state index in [2.05, 4.69) is 15.2 Å². The summed E-state index contributed by atoms with van der Waals surface area (Å²) in [4.78, 5) is 47.3. The van der Waals surface area contributed by atoms with E-state index >= 15 is 0 Å². The first-order valence-corrected chi connectivity index (χ1v) is 14.3. The Labute approximate surface area is 242 Å². The highest BCUT2D eigenvalue weighted by Crippen LogP contribution is 2.42. The number of amides is 3. The Balaban J connectivity index is 1.13. The molecule has 1 aromatic carbocycles. The number of likely N-dealkylation sites (tertiary alicyclic amines) is 2. The van der Waals surface area contributed by atoms with Crippen molar-refractivity contribution >= 4 is 23.4 Å². The van der Waals surface area contributed by atoms with Crippen molar-refractivity contribution in [2.75, 3.05) is 31.6 Å². The van der Waals surface area contributed by atoms with Gasteiger partial charge in [-0.3, -0.25) is 24.3 Å². The molecule has 3 amide bonds. The number of pyridine rings is 1. The Hall–Kier alpha value is -3.51. The molecule has 0 radical (unpaired) electrons. The number of hydrogen-bond acceptors (Lipinski definition) is 6. The summed E-state index contributed by atoms with van der Waals surface area (Å²) >= 11 is 0. The summed E-state index contributed by atoms with van der Waals surface area (Å²) in [6, 6.07) is 8.22. The van der Waals surface area contributed by atoms with E-state index in [0.29, 0.717) is 30.8 Å². The number of fused-ring (bicyclic) bond motifs is 1. The van der Waals surface area contributed by atoms with Crippen molar-refractivity contribution in [1.82, 2.24) is 20.1 Å². The van der Waals surface area contributed by atoms with E-state index in [1.807, 2.05) is 0 Å². The van der Waals surface area contributed by atoms with Crippen LogP contribution in [0.2, 0.25) is 0 Å². The third kappa shape index (κ3) is 6.00. The van der Waals surface area contributed by atoms with Gasteiger partial charge in [0.15, 0.2) is 0 Å². The molecule has 2 aliphatic heterocycles. The van der Waals surface area contributed by atoms with Crippen LogP contribution in [0.4, 0.5) is 18.9 Å². The van der Waals surface area contributed by atoms with Gasteiger partial charge in [0.25, 0.3) is 5.91 Å². The smallest absolute Gasteiger partial charge is 0.384 e. The highest BCUT2D eigenvalue weighted by atomic mass is 19.4. The van der Waals surface area contributed by atoms with E-state index in [-0.39, 0.29) is 42.0 Å². The van der Waals surface area contributed by atoms with E-state index < -0.39 is 23.2 Å². The van der Waals surface area contributed by atoms with Gasteiger partial charge in [0.05, 0.1) is 29.7 Å². The van der Waals surface area contributed by atoms with Crippen molar-refractivity contribution in [1.29, 1.82) is 0 Å². The predicted molar refractivity (Wildman–Crippen MR) is 148 cm³/mol. The van der Waals surface area contributed by atoms with Gasteiger partial charge in [0, 0.05) is 50.7 Å². The van der Waals surface area contributed by atoms with Gasteiger partial charge in [0.2, 0.25) is 11.8 Å². The Bertz CT molecular complexity index is 1330. The van der Waals surface area contributed by atoms with Crippen LogP contribution in [0.1, 0.15) is 67.1 Å². The molecular formula is C30H36F3N5O4. The summed E-state index contributed by atoms with van der Waals surface area (Å²) in [6.45, 7) is 2.60. The standard InChI is InChI=1S/C30H36F3N5O4/c1-19(39)36(2)23-6-7-26(34-17-23)29(42)12-8-22(9-13-29)37-14-10-25-24(37)11-15-38(25)27(40)18-35-28(41)20-4-3-5-21(16-20)30(31,32)33/h3-7,16-17,22,24-25,42H,8-15,18H2,1-2H3,(H,35,41)/t22?,24-,25-,29?/m1/s1. The largest absolute Gasteiger partial charge is 0.416 e. The molecule has 1 aliphatic carbocycles. The van der Waals surface area contributed by atoms with Crippen molar-refractivity contribution in [3.63, 3.8) is 0 Å². The lowest BCUT2D eigenvalue weighted by Gasteiger charge is -2.41. The summed E-state index contributed by atoms with van der Waals surface area (Å²) in [6.07, 6.45) is 1.37. The molecule has 3 aliphatic rings. The molecule has 12 heteroatoms. The molecule has 9 nitrogen and oxygen atoms in total. The van der Waals surface area contributed by atoms with Gasteiger partial charge < -0.3 is 20.2 Å². The Morgan fingerprint density at radius 3 is 2.43 bits per heavy atom. The minimum atomic E-state index is -4.56. The van der Waals surface area contributed by atoms with Crippen LogP contribution in [0.5, 0.6) is 0 Å². The quantitative estimate of drug-likeness (QED) is 0.538. The number of benzene rings is 1. The number of carbonyl (C=O) groups excluding carboxylic acids is 3. The van der Waals surface area contributed by atoms with E-state index in [4.69, 9.17) is 0 Å². The number of anilines is 1. The highest BCUT2D eigenvalue weighted by molar-refractivity contribution is 5.96. The van der Waals surface area contributed by atoms with E-state index in [1.54, 1.807) is 30.3 Å². The number of alkyl halides is 3. The molecule has 2 saturated heterocycles. The van der Waals surface area contributed by atoms with Crippen molar-refractivity contribution in [2.45, 2.75) is 75.4 Å². The van der Waals surface area contributed by atoms with Gasteiger partial charge in [-0.25, -0.2) is 0 Å². The maximum Gasteiger partial charge on any atom is 0.416 e. The molecule has 5 rings (SSSR count). The van der Waals surface area contributed by atoms with Gasteiger partial charge in [-0.2, -0.15) is 13.2 Å². The average molecular weight is 588 g/mol. The summed E-state index contributed by atoms with van der Waals surface area (Å²) in [7, 11) is 1.68. The molecule has 1 saturated carbocycles. The van der Waals surface area contributed by atoms with Gasteiger partial charge in [-0.1, -0.05) is 6.07 Å². The second-order valence-corrected chi connectivity index (χ2v) is 11.5. The van der Waals surface area contributed by atoms with E-state index in [9.17, 15) is 32.7 Å². The van der Waals surface area contributed by atoms with Crippen molar-refractivity contribution < 1.29 is 32.7 Å². The first-order valence-electron chi connectivity index (χ1n) is 14.3. The number of aliphatic hydroxyl groups is 1. The number of carbonyl (C=O) groups is 3. The third-order valence-electron chi connectivity index (χ3n) is 9.13. The summed E-state index contributed by atoms with van der Waals surface area (Å²) in [5.74, 6) is -1.06. The molecule has 1 aromatic heterocycles. The fraction of sp³-hybridized carbons (Fsp3) is 0.533. The number of nitrogens with one attached hydrogen (secondary N) is 1. The summed E-state index contributed by atoms with van der Waals surface area (Å²) < 4.78 is 39.0. The van der Waals surface area contributed by atoms with Crippen LogP contribution < -0.4 is 10.2 Å². The zero-order chi connectivity index (χ0) is 30.2. The first kappa shape index (κ1) is 30.0. The summed E-state index contributed by atoms with van der Waals surface area (Å²) in [5.41, 5.74) is -0.815. The lowest BCUT2D eigenvalue weighted by Crippen LogP contribution is -2.47. The van der Waals surface area contributed by atoms with E-state index in [1.165, 1.54) is 24.0 Å². The molecule has 3 heterocycles. The van der Waals surface area contributed by atoms with Gasteiger partial charge in [0.1, 0.15) is 5.60 Å². The molecule has 2 aromatic rings. The number of aromatic nitrogens is 1. The maximum absolute atomic E-state index is 13.0. The Kier molecular flexibility index (Phi) is 8.30. The Morgan fingerprint density at radius 2 is 1.79 bits per heavy atom. The fourth-order valence-electron chi connectivity index (χ4n) is 6.69. The molecule has 42 heavy (non-hydrogen) atoms. The zero-order valence-corrected chi connectivity index (χ0v) is 23.7. The summed E-state index contributed by atoms with van der Waals surface area (Å²) in [5, 5.41) is 13.9. The van der Waals surface area contributed by atoms with Gasteiger partial charge in [-0.15, -0.1) is 0 Å². The highest BCUT2D eigenvalue weighted by Gasteiger charge is 2.48. The van der Waals surface area contributed by atoms with Crippen LogP contribution in [-0.2, 0) is 21.4 Å². The molecule has 0 unspecified atom stereocenters. The third-order valence-corrected chi connectivity index (χ3v) is 9.13. The van der Waals surface area contributed by atoms with Crippen LogP contribution in [0.15, 0.2) is 42.6 Å². The first-order chi connectivity index (χ1) is 19.9. The molecule has 0 spiro atoms. The average Bonchev–Trinajstić information content (AvgIpc) is 3.58. The van der Waals surface area contributed by atoms with Crippen LogP contribution >= 0.6 is 0 Å². The minimum Gasteiger partial charge on any atom is -0.384 e.